The van der Waals surface area contributed by atoms with Crippen molar-refractivity contribution in [3.8, 4) is 5.88 Å². The van der Waals surface area contributed by atoms with Crippen LogP contribution in [0, 0.1) is 6.92 Å². The van der Waals surface area contributed by atoms with Gasteiger partial charge in [0.05, 0.1) is 12.7 Å². The predicted molar refractivity (Wildman–Crippen MR) is 74.2 cm³/mol. The zero-order valence-corrected chi connectivity index (χ0v) is 12.3. The van der Waals surface area contributed by atoms with Crippen molar-refractivity contribution >= 4 is 21.7 Å². The third-order valence-corrected chi connectivity index (χ3v) is 2.99. The summed E-state index contributed by atoms with van der Waals surface area (Å²) < 4.78 is 5.23. The summed E-state index contributed by atoms with van der Waals surface area (Å²) in [6, 6.07) is 0. The molecule has 0 radical (unpaired) electrons. The summed E-state index contributed by atoms with van der Waals surface area (Å²) in [6.45, 7) is 6.16. The van der Waals surface area contributed by atoms with E-state index in [1.807, 2.05) is 6.92 Å². The van der Waals surface area contributed by atoms with Crippen LogP contribution < -0.4 is 9.64 Å². The van der Waals surface area contributed by atoms with Gasteiger partial charge < -0.3 is 9.64 Å². The first-order valence-corrected chi connectivity index (χ1v) is 7.03. The number of alkyl halides is 1. The molecule has 96 valence electrons. The number of ether oxygens (including phenoxy) is 1. The first-order valence-electron chi connectivity index (χ1n) is 5.91. The van der Waals surface area contributed by atoms with Crippen LogP contribution >= 0.6 is 15.9 Å². The van der Waals surface area contributed by atoms with Gasteiger partial charge in [-0.2, -0.15) is 0 Å². The van der Waals surface area contributed by atoms with Crippen molar-refractivity contribution in [2.24, 2.45) is 0 Å². The summed E-state index contributed by atoms with van der Waals surface area (Å²) in [7, 11) is 1.64. The van der Waals surface area contributed by atoms with Crippen LogP contribution in [0.15, 0.2) is 6.33 Å². The molecule has 17 heavy (non-hydrogen) atoms. The lowest BCUT2D eigenvalue weighted by atomic mass is 10.2. The third-order valence-electron chi connectivity index (χ3n) is 2.64. The Bertz CT molecular complexity index is 347. The summed E-state index contributed by atoms with van der Waals surface area (Å²) in [6.07, 6.45) is 3.91. The Balaban J connectivity index is 2.92. The molecule has 0 aliphatic rings. The summed E-state index contributed by atoms with van der Waals surface area (Å²) >= 11 is 3.48. The highest BCUT2D eigenvalue weighted by Crippen LogP contribution is 2.23. The van der Waals surface area contributed by atoms with Gasteiger partial charge in [-0.15, -0.1) is 0 Å². The summed E-state index contributed by atoms with van der Waals surface area (Å²) in [5.74, 6) is 1.64. The second kappa shape index (κ2) is 7.48. The number of hydrogen-bond acceptors (Lipinski definition) is 4. The Hall–Kier alpha value is -0.840. The van der Waals surface area contributed by atoms with Gasteiger partial charge in [0.25, 0.3) is 0 Å². The van der Waals surface area contributed by atoms with Crippen LogP contribution in [0.2, 0.25) is 0 Å². The second-order valence-corrected chi connectivity index (χ2v) is 4.65. The molecule has 0 spiro atoms. The molecule has 0 unspecified atom stereocenters. The standard InChI is InChI=1S/C12H20BrN3O/c1-4-5-7-16(8-6-13)11-10(2)12(17-3)15-9-14-11/h9H,4-8H2,1-3H3. The molecule has 0 aliphatic heterocycles. The average Bonchev–Trinajstić information content (AvgIpc) is 2.35. The minimum Gasteiger partial charge on any atom is -0.481 e. The molecule has 0 fully saturated rings. The molecule has 5 heteroatoms. The van der Waals surface area contributed by atoms with Gasteiger partial charge in [0.2, 0.25) is 5.88 Å². The lowest BCUT2D eigenvalue weighted by molar-refractivity contribution is 0.393. The van der Waals surface area contributed by atoms with E-state index >= 15 is 0 Å². The molecule has 1 rings (SSSR count). The fourth-order valence-electron chi connectivity index (χ4n) is 1.72. The van der Waals surface area contributed by atoms with Crippen molar-refractivity contribution in [3.05, 3.63) is 11.9 Å². The molecule has 0 amide bonds. The van der Waals surface area contributed by atoms with Crippen LogP contribution in [-0.2, 0) is 0 Å². The lowest BCUT2D eigenvalue weighted by Gasteiger charge is -2.24. The summed E-state index contributed by atoms with van der Waals surface area (Å²) in [4.78, 5) is 10.8. The molecule has 0 saturated heterocycles. The van der Waals surface area contributed by atoms with E-state index < -0.39 is 0 Å². The molecule has 1 heterocycles. The van der Waals surface area contributed by atoms with E-state index in [4.69, 9.17) is 4.74 Å². The van der Waals surface area contributed by atoms with Crippen molar-refractivity contribution < 1.29 is 4.74 Å². The number of halogens is 1. The van der Waals surface area contributed by atoms with Crippen LogP contribution in [0.5, 0.6) is 5.88 Å². The van der Waals surface area contributed by atoms with Crippen LogP contribution in [0.3, 0.4) is 0 Å². The minimum atomic E-state index is 0.658. The van der Waals surface area contributed by atoms with E-state index in [9.17, 15) is 0 Å². The number of unbranched alkanes of at least 4 members (excludes halogenated alkanes) is 1. The largest absolute Gasteiger partial charge is 0.481 e. The Morgan fingerprint density at radius 1 is 1.35 bits per heavy atom. The van der Waals surface area contributed by atoms with Gasteiger partial charge in [0.1, 0.15) is 12.1 Å². The molecule has 1 aromatic heterocycles. The van der Waals surface area contributed by atoms with Crippen molar-refractivity contribution in [1.29, 1.82) is 0 Å². The molecule has 1 aromatic rings. The molecule has 0 aromatic carbocycles. The van der Waals surface area contributed by atoms with E-state index in [1.54, 1.807) is 13.4 Å². The molecule has 0 N–H and O–H groups in total. The highest BCUT2D eigenvalue weighted by molar-refractivity contribution is 9.09. The second-order valence-electron chi connectivity index (χ2n) is 3.86. The predicted octanol–water partition coefficient (Wildman–Crippen LogP) is 2.80. The molecule has 0 saturated carbocycles. The zero-order valence-electron chi connectivity index (χ0n) is 10.7. The first-order chi connectivity index (χ1) is 8.24. The molecule has 0 atom stereocenters. The van der Waals surface area contributed by atoms with Crippen LogP contribution in [0.25, 0.3) is 0 Å². The van der Waals surface area contributed by atoms with Gasteiger partial charge in [-0.25, -0.2) is 9.97 Å². The van der Waals surface area contributed by atoms with E-state index in [0.717, 1.165) is 29.8 Å². The van der Waals surface area contributed by atoms with Crippen LogP contribution in [-0.4, -0.2) is 35.5 Å². The Morgan fingerprint density at radius 3 is 2.71 bits per heavy atom. The fourth-order valence-corrected chi connectivity index (χ4v) is 2.15. The number of aromatic nitrogens is 2. The van der Waals surface area contributed by atoms with E-state index in [0.29, 0.717) is 5.88 Å². The maximum atomic E-state index is 5.23. The van der Waals surface area contributed by atoms with Crippen molar-refractivity contribution in [1.82, 2.24) is 9.97 Å². The van der Waals surface area contributed by atoms with Crippen molar-refractivity contribution in [2.75, 3.05) is 30.4 Å². The maximum Gasteiger partial charge on any atom is 0.221 e. The Morgan fingerprint density at radius 2 is 2.12 bits per heavy atom. The van der Waals surface area contributed by atoms with E-state index in [-0.39, 0.29) is 0 Å². The van der Waals surface area contributed by atoms with Gasteiger partial charge in [-0.1, -0.05) is 29.3 Å². The number of hydrogen-bond donors (Lipinski definition) is 0. The Kier molecular flexibility index (Phi) is 6.26. The maximum absolute atomic E-state index is 5.23. The van der Waals surface area contributed by atoms with Gasteiger partial charge in [-0.3, -0.25) is 0 Å². The SMILES string of the molecule is CCCCN(CCBr)c1ncnc(OC)c1C. The van der Waals surface area contributed by atoms with Crippen molar-refractivity contribution in [2.45, 2.75) is 26.7 Å². The van der Waals surface area contributed by atoms with Crippen LogP contribution in [0.4, 0.5) is 5.82 Å². The summed E-state index contributed by atoms with van der Waals surface area (Å²) in [5, 5.41) is 0.933. The fraction of sp³-hybridized carbons (Fsp3) is 0.667. The van der Waals surface area contributed by atoms with Gasteiger partial charge in [-0.05, 0) is 13.3 Å². The number of nitrogens with zero attached hydrogens (tertiary/aromatic N) is 3. The molecule has 0 bridgehead atoms. The number of methoxy groups -OCH3 is 1. The van der Waals surface area contributed by atoms with Gasteiger partial charge in [0.15, 0.2) is 0 Å². The topological polar surface area (TPSA) is 38.2 Å². The molecular formula is C12H20BrN3O. The lowest BCUT2D eigenvalue weighted by Crippen LogP contribution is -2.28. The van der Waals surface area contributed by atoms with E-state index in [1.165, 1.54) is 12.8 Å². The average molecular weight is 302 g/mol. The monoisotopic (exact) mass is 301 g/mol. The molecule has 0 aliphatic carbocycles. The quantitative estimate of drug-likeness (QED) is 0.726. The number of rotatable bonds is 7. The Labute approximate surface area is 112 Å². The van der Waals surface area contributed by atoms with Crippen LogP contribution in [0.1, 0.15) is 25.3 Å². The van der Waals surface area contributed by atoms with Crippen molar-refractivity contribution in [3.63, 3.8) is 0 Å². The molecule has 4 nitrogen and oxygen atoms in total. The first kappa shape index (κ1) is 14.2. The third kappa shape index (κ3) is 3.84. The van der Waals surface area contributed by atoms with Gasteiger partial charge in [0, 0.05) is 18.4 Å². The normalized spacial score (nSPS) is 10.4. The van der Waals surface area contributed by atoms with Gasteiger partial charge >= 0.3 is 0 Å². The minimum absolute atomic E-state index is 0.658. The molecular weight excluding hydrogens is 282 g/mol. The summed E-state index contributed by atoms with van der Waals surface area (Å²) in [5.41, 5.74) is 1.01. The smallest absolute Gasteiger partial charge is 0.221 e. The zero-order chi connectivity index (χ0) is 12.7. The highest BCUT2D eigenvalue weighted by Gasteiger charge is 2.13. The highest BCUT2D eigenvalue weighted by atomic mass is 79.9. The van der Waals surface area contributed by atoms with E-state index in [2.05, 4.69) is 37.7 Å². The number of anilines is 1.